The molecule has 1 aliphatic rings. The molecule has 46 valence electrons. The molecule has 0 bridgehead atoms. The number of hydrogen-bond acceptors (Lipinski definition) is 4. The van der Waals surface area contributed by atoms with Crippen LogP contribution in [0.3, 0.4) is 0 Å². The molecule has 1 unspecified atom stereocenters. The van der Waals surface area contributed by atoms with E-state index in [1.54, 1.807) is 0 Å². The Hall–Kier alpha value is 0.160. The average Bonchev–Trinajstić information content (AvgIpc) is 1.85. The van der Waals surface area contributed by atoms with E-state index in [-0.39, 0.29) is 0 Å². The highest BCUT2D eigenvalue weighted by Crippen LogP contribution is 2.20. The monoisotopic (exact) mass is 150 g/mol. The lowest BCUT2D eigenvalue weighted by Gasteiger charge is -2.05. The van der Waals surface area contributed by atoms with Crippen molar-refractivity contribution in [1.82, 2.24) is 5.01 Å². The quantitative estimate of drug-likeness (QED) is 0.360. The normalized spacial score (nSPS) is 29.5. The van der Waals surface area contributed by atoms with Crippen molar-refractivity contribution in [3.8, 4) is 0 Å². The van der Waals surface area contributed by atoms with Gasteiger partial charge in [-0.05, 0) is 0 Å². The van der Waals surface area contributed by atoms with E-state index in [0.717, 1.165) is 0 Å². The van der Waals surface area contributed by atoms with Crippen LogP contribution < -0.4 is 5.84 Å². The van der Waals surface area contributed by atoms with Crippen LogP contribution >= 0.6 is 24.0 Å². The number of thiocarbonyl (C=S) groups is 1. The van der Waals surface area contributed by atoms with Gasteiger partial charge in [-0.15, -0.1) is 0 Å². The maximum atomic E-state index is 8.82. The number of rotatable bonds is 0. The number of aliphatic hydroxyl groups is 1. The Bertz CT molecular complexity index is 118. The summed E-state index contributed by atoms with van der Waals surface area (Å²) in [6.45, 7) is 0.448. The smallest absolute Gasteiger partial charge is 0.153 e. The van der Waals surface area contributed by atoms with Gasteiger partial charge >= 0.3 is 0 Å². The van der Waals surface area contributed by atoms with Gasteiger partial charge in [0.2, 0.25) is 0 Å². The second kappa shape index (κ2) is 2.18. The first-order valence-corrected chi connectivity index (χ1v) is 3.40. The van der Waals surface area contributed by atoms with E-state index in [1.807, 2.05) is 0 Å². The van der Waals surface area contributed by atoms with E-state index in [4.69, 9.17) is 23.2 Å². The molecular formula is C3H6N2OS2. The van der Waals surface area contributed by atoms with Crippen LogP contribution in [-0.4, -0.2) is 26.4 Å². The molecule has 0 radical (unpaired) electrons. The Morgan fingerprint density at radius 2 is 2.62 bits per heavy atom. The number of thioether (sulfide) groups is 1. The third-order valence-corrected chi connectivity index (χ3v) is 2.20. The summed E-state index contributed by atoms with van der Waals surface area (Å²) in [5.74, 6) is 5.28. The minimum Gasteiger partial charge on any atom is -0.380 e. The average molecular weight is 150 g/mol. The summed E-state index contributed by atoms with van der Waals surface area (Å²) in [6.07, 6.45) is 0. The fourth-order valence-electron chi connectivity index (χ4n) is 0.464. The highest BCUT2D eigenvalue weighted by molar-refractivity contribution is 8.23. The predicted molar refractivity (Wildman–Crippen MR) is 37.1 cm³/mol. The zero-order chi connectivity index (χ0) is 6.15. The number of nitrogens with two attached hydrogens (primary N) is 1. The first-order valence-electron chi connectivity index (χ1n) is 2.11. The zero-order valence-corrected chi connectivity index (χ0v) is 5.71. The summed E-state index contributed by atoms with van der Waals surface area (Å²) in [5.41, 5.74) is -0.424. The first kappa shape index (κ1) is 6.28. The van der Waals surface area contributed by atoms with Gasteiger partial charge in [-0.1, -0.05) is 24.0 Å². The number of nitrogens with zero attached hydrogens (tertiary/aromatic N) is 1. The van der Waals surface area contributed by atoms with Crippen LogP contribution in [0.15, 0.2) is 0 Å². The van der Waals surface area contributed by atoms with Crippen molar-refractivity contribution >= 4 is 28.3 Å². The fourth-order valence-corrected chi connectivity index (χ4v) is 1.55. The number of β-amino-alcohol motifs (C(OH)–C–C–N with tert-alkyl or cyclic N) is 1. The van der Waals surface area contributed by atoms with E-state index in [9.17, 15) is 0 Å². The van der Waals surface area contributed by atoms with Crippen LogP contribution in [0.4, 0.5) is 0 Å². The standard InChI is InChI=1S/C3H6N2OS2/c4-5-1-2(6)8-3(5)7/h2,6H,1,4H2. The van der Waals surface area contributed by atoms with Gasteiger partial charge in [-0.25, -0.2) is 5.84 Å². The summed E-state index contributed by atoms with van der Waals surface area (Å²) in [6, 6.07) is 0. The Balaban J connectivity index is 2.51. The Morgan fingerprint density at radius 1 is 2.00 bits per heavy atom. The van der Waals surface area contributed by atoms with Crippen molar-refractivity contribution in [1.29, 1.82) is 0 Å². The van der Waals surface area contributed by atoms with Gasteiger partial charge in [0.15, 0.2) is 4.32 Å². The Morgan fingerprint density at radius 3 is 2.75 bits per heavy atom. The molecule has 0 aliphatic carbocycles. The maximum absolute atomic E-state index is 8.82. The minimum atomic E-state index is -0.424. The van der Waals surface area contributed by atoms with Crippen molar-refractivity contribution < 1.29 is 5.11 Å². The highest BCUT2D eigenvalue weighted by Gasteiger charge is 2.22. The molecule has 0 aromatic heterocycles. The van der Waals surface area contributed by atoms with Gasteiger partial charge in [-0.2, -0.15) is 0 Å². The van der Waals surface area contributed by atoms with Crippen molar-refractivity contribution in [3.63, 3.8) is 0 Å². The molecule has 0 amide bonds. The third-order valence-electron chi connectivity index (χ3n) is 0.824. The van der Waals surface area contributed by atoms with E-state index in [0.29, 0.717) is 10.9 Å². The second-order valence-corrected chi connectivity index (χ2v) is 3.30. The predicted octanol–water partition coefficient (Wildman–Crippen LogP) is -0.488. The molecular weight excluding hydrogens is 144 g/mol. The van der Waals surface area contributed by atoms with E-state index in [2.05, 4.69) is 0 Å². The van der Waals surface area contributed by atoms with E-state index in [1.165, 1.54) is 16.8 Å². The van der Waals surface area contributed by atoms with Gasteiger partial charge in [0.25, 0.3) is 0 Å². The largest absolute Gasteiger partial charge is 0.380 e. The molecule has 3 nitrogen and oxygen atoms in total. The first-order chi connectivity index (χ1) is 3.70. The van der Waals surface area contributed by atoms with Gasteiger partial charge in [-0.3, -0.25) is 5.01 Å². The Labute approximate surface area is 56.8 Å². The number of hydrogen-bond donors (Lipinski definition) is 2. The molecule has 8 heavy (non-hydrogen) atoms. The summed E-state index contributed by atoms with van der Waals surface area (Å²) < 4.78 is 0.567. The highest BCUT2D eigenvalue weighted by atomic mass is 32.2. The molecule has 3 N–H and O–H groups in total. The molecule has 1 aliphatic heterocycles. The number of hydrazine groups is 1. The van der Waals surface area contributed by atoms with Gasteiger partial charge in [0.1, 0.15) is 5.44 Å². The molecule has 0 spiro atoms. The van der Waals surface area contributed by atoms with Gasteiger partial charge in [0.05, 0.1) is 6.54 Å². The molecule has 1 heterocycles. The van der Waals surface area contributed by atoms with E-state index < -0.39 is 5.44 Å². The molecule has 0 saturated carbocycles. The lowest BCUT2D eigenvalue weighted by Crippen LogP contribution is -2.31. The van der Waals surface area contributed by atoms with Crippen molar-refractivity contribution in [2.45, 2.75) is 5.44 Å². The van der Waals surface area contributed by atoms with Crippen LogP contribution in [0.1, 0.15) is 0 Å². The van der Waals surface area contributed by atoms with Crippen molar-refractivity contribution in [2.75, 3.05) is 6.54 Å². The summed E-state index contributed by atoms with van der Waals surface area (Å²) in [4.78, 5) is 0. The molecule has 1 saturated heterocycles. The SMILES string of the molecule is NN1CC(O)SC1=S. The minimum absolute atomic E-state index is 0.424. The lowest BCUT2D eigenvalue weighted by atomic mass is 10.7. The maximum Gasteiger partial charge on any atom is 0.153 e. The molecule has 5 heteroatoms. The van der Waals surface area contributed by atoms with Crippen LogP contribution in [0.5, 0.6) is 0 Å². The van der Waals surface area contributed by atoms with Gasteiger partial charge < -0.3 is 5.11 Å². The van der Waals surface area contributed by atoms with Gasteiger partial charge in [0, 0.05) is 0 Å². The van der Waals surface area contributed by atoms with Crippen LogP contribution in [0.2, 0.25) is 0 Å². The third kappa shape index (κ3) is 1.11. The molecule has 0 aromatic carbocycles. The summed E-state index contributed by atoms with van der Waals surface area (Å²) >= 11 is 5.94. The second-order valence-electron chi connectivity index (χ2n) is 1.49. The lowest BCUT2D eigenvalue weighted by molar-refractivity contribution is 0.233. The number of aliphatic hydroxyl groups excluding tert-OH is 1. The van der Waals surface area contributed by atoms with Crippen LogP contribution in [-0.2, 0) is 0 Å². The summed E-state index contributed by atoms with van der Waals surface area (Å²) in [5, 5.41) is 10.2. The molecule has 0 aromatic rings. The molecule has 1 rings (SSSR count). The zero-order valence-electron chi connectivity index (χ0n) is 4.07. The van der Waals surface area contributed by atoms with E-state index >= 15 is 0 Å². The molecule has 1 atom stereocenters. The van der Waals surface area contributed by atoms with Crippen molar-refractivity contribution in [2.24, 2.45) is 5.84 Å². The van der Waals surface area contributed by atoms with Crippen molar-refractivity contribution in [3.05, 3.63) is 0 Å². The van der Waals surface area contributed by atoms with Crippen LogP contribution in [0, 0.1) is 0 Å². The summed E-state index contributed by atoms with van der Waals surface area (Å²) in [7, 11) is 0. The Kier molecular flexibility index (Phi) is 1.71. The fraction of sp³-hybridized carbons (Fsp3) is 0.667. The topological polar surface area (TPSA) is 49.5 Å². The van der Waals surface area contributed by atoms with Crippen LogP contribution in [0.25, 0.3) is 0 Å². The molecule has 1 fully saturated rings.